The number of esters is 1. The van der Waals surface area contributed by atoms with Gasteiger partial charge in [-0.3, -0.25) is 0 Å². The van der Waals surface area contributed by atoms with Gasteiger partial charge in [0, 0.05) is 5.56 Å². The number of aliphatic hydroxyl groups is 1. The topological polar surface area (TPSA) is 55.8 Å². The number of halogens is 4. The van der Waals surface area contributed by atoms with Gasteiger partial charge in [0.15, 0.2) is 0 Å². The van der Waals surface area contributed by atoms with E-state index in [0.717, 1.165) is 12.5 Å². The lowest BCUT2D eigenvalue weighted by Gasteiger charge is -2.22. The van der Waals surface area contributed by atoms with Crippen molar-refractivity contribution in [3.63, 3.8) is 0 Å². The lowest BCUT2D eigenvalue weighted by molar-refractivity contribution is -0.139. The fraction of sp³-hybridized carbons (Fsp3) is 0.174. The van der Waals surface area contributed by atoms with E-state index in [1.807, 2.05) is 6.07 Å². The molecule has 162 valence electrons. The summed E-state index contributed by atoms with van der Waals surface area (Å²) >= 11 is 3.10. The maximum absolute atomic E-state index is 13.8. The number of para-hydroxylation sites is 1. The zero-order valence-corrected chi connectivity index (χ0v) is 18.0. The number of carbonyl (C=O) groups is 1. The third-order valence-electron chi connectivity index (χ3n) is 4.57. The van der Waals surface area contributed by atoms with Gasteiger partial charge in [0.25, 0.3) is 0 Å². The first-order chi connectivity index (χ1) is 14.7. The summed E-state index contributed by atoms with van der Waals surface area (Å²) < 4.78 is 52.3. The monoisotopic (exact) mass is 494 g/mol. The number of benzene rings is 3. The summed E-state index contributed by atoms with van der Waals surface area (Å²) in [4.78, 5) is 12.9. The van der Waals surface area contributed by atoms with Crippen LogP contribution in [-0.4, -0.2) is 11.1 Å². The first-order valence-electron chi connectivity index (χ1n) is 9.21. The van der Waals surface area contributed by atoms with Crippen molar-refractivity contribution in [2.75, 3.05) is 0 Å². The van der Waals surface area contributed by atoms with Crippen LogP contribution in [0, 0.1) is 6.92 Å². The minimum atomic E-state index is -4.80. The average molecular weight is 495 g/mol. The standard InChI is InChI=1S/C23H18BrF3O4/c1-14-18(22(29)31-16-10-6-3-7-11-16)21(30-13-15-8-4-2-5-9-15)20(24)17(12-28)19(14)23(25,26)27/h2-11,28H,12-13H2,1H3. The van der Waals surface area contributed by atoms with Crippen LogP contribution in [0.3, 0.4) is 0 Å². The smallest absolute Gasteiger partial charge is 0.417 e. The molecule has 0 unspecified atom stereocenters. The molecule has 3 aromatic rings. The van der Waals surface area contributed by atoms with Crippen LogP contribution in [0.4, 0.5) is 13.2 Å². The summed E-state index contributed by atoms with van der Waals surface area (Å²) in [5.74, 6) is -0.946. The van der Waals surface area contributed by atoms with Crippen molar-refractivity contribution in [3.05, 3.63) is 93.0 Å². The van der Waals surface area contributed by atoms with Crippen molar-refractivity contribution in [1.29, 1.82) is 0 Å². The number of hydrogen-bond donors (Lipinski definition) is 1. The maximum Gasteiger partial charge on any atom is 0.417 e. The highest BCUT2D eigenvalue weighted by atomic mass is 79.9. The first-order valence-corrected chi connectivity index (χ1v) is 10.00. The van der Waals surface area contributed by atoms with Crippen LogP contribution in [0.2, 0.25) is 0 Å². The summed E-state index contributed by atoms with van der Waals surface area (Å²) in [6.07, 6.45) is -4.80. The molecule has 0 saturated carbocycles. The second-order valence-corrected chi connectivity index (χ2v) is 7.42. The lowest BCUT2D eigenvalue weighted by atomic mass is 9.95. The van der Waals surface area contributed by atoms with Crippen LogP contribution < -0.4 is 9.47 Å². The molecule has 8 heteroatoms. The lowest BCUT2D eigenvalue weighted by Crippen LogP contribution is -2.20. The quantitative estimate of drug-likeness (QED) is 0.334. The Hall–Kier alpha value is -2.84. The average Bonchev–Trinajstić information content (AvgIpc) is 2.74. The summed E-state index contributed by atoms with van der Waals surface area (Å²) in [6, 6.07) is 16.9. The van der Waals surface area contributed by atoms with E-state index in [4.69, 9.17) is 9.47 Å². The van der Waals surface area contributed by atoms with Crippen molar-refractivity contribution >= 4 is 21.9 Å². The van der Waals surface area contributed by atoms with Gasteiger partial charge >= 0.3 is 12.1 Å². The zero-order valence-electron chi connectivity index (χ0n) is 16.4. The van der Waals surface area contributed by atoms with Crippen molar-refractivity contribution < 1.29 is 32.5 Å². The normalized spacial score (nSPS) is 11.3. The molecule has 0 bridgehead atoms. The Balaban J connectivity index is 2.14. The Morgan fingerprint density at radius 3 is 2.16 bits per heavy atom. The van der Waals surface area contributed by atoms with E-state index in [1.165, 1.54) is 12.1 Å². The van der Waals surface area contributed by atoms with Gasteiger partial charge < -0.3 is 14.6 Å². The maximum atomic E-state index is 13.8. The molecule has 0 fully saturated rings. The van der Waals surface area contributed by atoms with E-state index in [0.29, 0.717) is 0 Å². The van der Waals surface area contributed by atoms with E-state index in [2.05, 4.69) is 15.9 Å². The van der Waals surface area contributed by atoms with Gasteiger partial charge in [-0.05, 0) is 46.1 Å². The van der Waals surface area contributed by atoms with E-state index >= 15 is 0 Å². The van der Waals surface area contributed by atoms with Crippen LogP contribution in [0.25, 0.3) is 0 Å². The van der Waals surface area contributed by atoms with E-state index in [9.17, 15) is 23.1 Å². The molecule has 0 aromatic heterocycles. The Morgan fingerprint density at radius 2 is 1.61 bits per heavy atom. The van der Waals surface area contributed by atoms with Gasteiger partial charge in [0.2, 0.25) is 0 Å². The highest BCUT2D eigenvalue weighted by molar-refractivity contribution is 9.10. The molecule has 1 N–H and O–H groups in total. The largest absolute Gasteiger partial charge is 0.487 e. The second-order valence-electron chi connectivity index (χ2n) is 6.63. The van der Waals surface area contributed by atoms with Crippen molar-refractivity contribution in [2.24, 2.45) is 0 Å². The highest BCUT2D eigenvalue weighted by Gasteiger charge is 2.40. The molecule has 0 radical (unpaired) electrons. The third-order valence-corrected chi connectivity index (χ3v) is 5.41. The molecule has 3 aromatic carbocycles. The fourth-order valence-corrected chi connectivity index (χ4v) is 3.80. The van der Waals surface area contributed by atoms with Crippen LogP contribution in [-0.2, 0) is 19.4 Å². The van der Waals surface area contributed by atoms with Crippen LogP contribution in [0.1, 0.15) is 32.6 Å². The fourth-order valence-electron chi connectivity index (χ4n) is 3.17. The molecule has 0 aliphatic carbocycles. The number of rotatable bonds is 6. The van der Waals surface area contributed by atoms with Gasteiger partial charge in [0.1, 0.15) is 23.7 Å². The molecular formula is C23H18BrF3O4. The molecule has 0 aliphatic heterocycles. The number of carbonyl (C=O) groups excluding carboxylic acids is 1. The molecule has 4 nitrogen and oxygen atoms in total. The van der Waals surface area contributed by atoms with Crippen molar-refractivity contribution in [3.8, 4) is 11.5 Å². The minimum Gasteiger partial charge on any atom is -0.487 e. The molecule has 0 amide bonds. The van der Waals surface area contributed by atoms with Crippen LogP contribution >= 0.6 is 15.9 Å². The number of ether oxygens (including phenoxy) is 2. The Morgan fingerprint density at radius 1 is 1.03 bits per heavy atom. The Labute approximate surface area is 185 Å². The van der Waals surface area contributed by atoms with Gasteiger partial charge in [0.05, 0.1) is 16.6 Å². The second kappa shape index (κ2) is 9.53. The summed E-state index contributed by atoms with van der Waals surface area (Å²) in [7, 11) is 0. The summed E-state index contributed by atoms with van der Waals surface area (Å²) in [5, 5.41) is 9.66. The summed E-state index contributed by atoms with van der Waals surface area (Å²) in [6.45, 7) is 0.262. The third kappa shape index (κ3) is 5.08. The van der Waals surface area contributed by atoms with Gasteiger partial charge in [-0.25, -0.2) is 4.79 Å². The molecule has 0 spiro atoms. The van der Waals surface area contributed by atoms with Gasteiger partial charge in [-0.2, -0.15) is 13.2 Å². The Bertz CT molecular complexity index is 1070. The minimum absolute atomic E-state index is 0.000724. The van der Waals surface area contributed by atoms with E-state index < -0.39 is 29.9 Å². The number of hydrogen-bond acceptors (Lipinski definition) is 4. The molecule has 0 atom stereocenters. The molecule has 0 saturated heterocycles. The predicted octanol–water partition coefficient (Wildman–Crippen LogP) is 6.07. The number of alkyl halides is 3. The highest BCUT2D eigenvalue weighted by Crippen LogP contribution is 2.45. The zero-order chi connectivity index (χ0) is 22.6. The first kappa shape index (κ1) is 22.8. The van der Waals surface area contributed by atoms with Gasteiger partial charge in [-0.1, -0.05) is 48.5 Å². The molecule has 0 aliphatic rings. The predicted molar refractivity (Wildman–Crippen MR) is 112 cm³/mol. The van der Waals surface area contributed by atoms with Crippen molar-refractivity contribution in [2.45, 2.75) is 26.3 Å². The Kier molecular flexibility index (Phi) is 7.02. The molecule has 3 rings (SSSR count). The molecular weight excluding hydrogens is 477 g/mol. The van der Waals surface area contributed by atoms with Crippen molar-refractivity contribution in [1.82, 2.24) is 0 Å². The molecule has 0 heterocycles. The van der Waals surface area contributed by atoms with E-state index in [-0.39, 0.29) is 33.7 Å². The molecule has 31 heavy (non-hydrogen) atoms. The van der Waals surface area contributed by atoms with Crippen LogP contribution in [0.5, 0.6) is 11.5 Å². The summed E-state index contributed by atoms with van der Waals surface area (Å²) in [5.41, 5.74) is -1.52. The SMILES string of the molecule is Cc1c(C(=O)Oc2ccccc2)c(OCc2ccccc2)c(Br)c(CO)c1C(F)(F)F. The number of aliphatic hydroxyl groups excluding tert-OH is 1. The van der Waals surface area contributed by atoms with Gasteiger partial charge in [-0.15, -0.1) is 0 Å². The van der Waals surface area contributed by atoms with Crippen LogP contribution in [0.15, 0.2) is 65.1 Å². The van der Waals surface area contributed by atoms with E-state index in [1.54, 1.807) is 42.5 Å².